The first kappa shape index (κ1) is 24.2. The van der Waals surface area contributed by atoms with Gasteiger partial charge in [-0.25, -0.2) is 9.97 Å². The topological polar surface area (TPSA) is 85.4 Å². The standard InChI is InChI=1S/C27H28N4O3S/c1-16-13-17(2)29-27(28-16)30-24(21-12-11-20(33-4)15-23(21)34-5)22-14-18(3)35-26(22)31-25(32)19-9-7-6-8-10-19/h6-15,24H,1-5H3,(H,31,32)(H,28,29,30)/t24-/m1/s1. The summed E-state index contributed by atoms with van der Waals surface area (Å²) in [4.78, 5) is 23.2. The highest BCUT2D eigenvalue weighted by molar-refractivity contribution is 7.16. The van der Waals surface area contributed by atoms with E-state index in [1.165, 1.54) is 11.3 Å². The van der Waals surface area contributed by atoms with Crippen molar-refractivity contribution in [1.82, 2.24) is 9.97 Å². The molecule has 1 atom stereocenters. The molecule has 0 saturated carbocycles. The second kappa shape index (κ2) is 10.6. The van der Waals surface area contributed by atoms with Gasteiger partial charge < -0.3 is 20.1 Å². The lowest BCUT2D eigenvalue weighted by molar-refractivity contribution is 0.102. The summed E-state index contributed by atoms with van der Waals surface area (Å²) >= 11 is 1.52. The minimum atomic E-state index is -0.395. The maximum absolute atomic E-state index is 13.0. The Morgan fingerprint density at radius 3 is 2.26 bits per heavy atom. The molecule has 4 rings (SSSR count). The summed E-state index contributed by atoms with van der Waals surface area (Å²) in [6.45, 7) is 5.88. The monoisotopic (exact) mass is 488 g/mol. The van der Waals surface area contributed by atoms with E-state index in [1.807, 2.05) is 63.2 Å². The lowest BCUT2D eigenvalue weighted by Gasteiger charge is -2.23. The van der Waals surface area contributed by atoms with Crippen molar-refractivity contribution in [2.24, 2.45) is 0 Å². The summed E-state index contributed by atoms with van der Waals surface area (Å²) in [6.07, 6.45) is 0. The number of amides is 1. The van der Waals surface area contributed by atoms with Gasteiger partial charge in [-0.1, -0.05) is 18.2 Å². The van der Waals surface area contributed by atoms with Crippen molar-refractivity contribution in [1.29, 1.82) is 0 Å². The number of carbonyl (C=O) groups excluding carboxylic acids is 1. The number of nitrogens with zero attached hydrogens (tertiary/aromatic N) is 2. The van der Waals surface area contributed by atoms with Crippen LogP contribution in [-0.2, 0) is 0 Å². The third-order valence-corrected chi connectivity index (χ3v) is 6.45. The number of hydrogen-bond acceptors (Lipinski definition) is 7. The molecule has 8 heteroatoms. The van der Waals surface area contributed by atoms with Gasteiger partial charge in [0.1, 0.15) is 16.5 Å². The van der Waals surface area contributed by atoms with Crippen molar-refractivity contribution >= 4 is 28.2 Å². The van der Waals surface area contributed by atoms with E-state index in [4.69, 9.17) is 9.47 Å². The Balaban J connectivity index is 1.81. The molecule has 0 radical (unpaired) electrons. The summed E-state index contributed by atoms with van der Waals surface area (Å²) in [5.41, 5.74) is 4.07. The van der Waals surface area contributed by atoms with Crippen molar-refractivity contribution in [3.05, 3.63) is 93.6 Å². The van der Waals surface area contributed by atoms with Crippen LogP contribution in [0.3, 0.4) is 0 Å². The average molecular weight is 489 g/mol. The maximum Gasteiger partial charge on any atom is 0.256 e. The molecular weight excluding hydrogens is 460 g/mol. The van der Waals surface area contributed by atoms with Crippen molar-refractivity contribution in [2.75, 3.05) is 24.9 Å². The minimum Gasteiger partial charge on any atom is -0.497 e. The summed E-state index contributed by atoms with van der Waals surface area (Å²) in [7, 11) is 3.24. The fraction of sp³-hybridized carbons (Fsp3) is 0.222. The smallest absolute Gasteiger partial charge is 0.256 e. The number of carbonyl (C=O) groups is 1. The zero-order valence-electron chi connectivity index (χ0n) is 20.4. The average Bonchev–Trinajstić information content (AvgIpc) is 3.21. The molecule has 0 aliphatic carbocycles. The highest BCUT2D eigenvalue weighted by Gasteiger charge is 2.26. The van der Waals surface area contributed by atoms with E-state index in [1.54, 1.807) is 26.4 Å². The van der Waals surface area contributed by atoms with Crippen LogP contribution in [0.4, 0.5) is 10.9 Å². The van der Waals surface area contributed by atoms with Gasteiger partial charge in [-0.15, -0.1) is 11.3 Å². The fourth-order valence-electron chi connectivity index (χ4n) is 3.91. The van der Waals surface area contributed by atoms with Gasteiger partial charge in [0.15, 0.2) is 0 Å². The molecule has 180 valence electrons. The summed E-state index contributed by atoms with van der Waals surface area (Å²) in [6, 6.07) is 18.4. The molecule has 1 amide bonds. The molecule has 0 aliphatic rings. The van der Waals surface area contributed by atoms with Crippen LogP contribution in [0.15, 0.2) is 60.7 Å². The number of anilines is 2. The lowest BCUT2D eigenvalue weighted by atomic mass is 9.98. The number of thiophene rings is 1. The first-order valence-electron chi connectivity index (χ1n) is 11.2. The number of methoxy groups -OCH3 is 2. The number of benzene rings is 2. The first-order chi connectivity index (χ1) is 16.9. The van der Waals surface area contributed by atoms with Crippen molar-refractivity contribution in [3.8, 4) is 11.5 Å². The van der Waals surface area contributed by atoms with Crippen LogP contribution >= 0.6 is 11.3 Å². The molecule has 4 aromatic rings. The minimum absolute atomic E-state index is 0.170. The molecular formula is C27H28N4O3S. The van der Waals surface area contributed by atoms with E-state index < -0.39 is 6.04 Å². The molecule has 0 aliphatic heterocycles. The van der Waals surface area contributed by atoms with Crippen molar-refractivity contribution in [3.63, 3.8) is 0 Å². The quantitative estimate of drug-likeness (QED) is 0.320. The van der Waals surface area contributed by atoms with E-state index in [9.17, 15) is 4.79 Å². The van der Waals surface area contributed by atoms with Gasteiger partial charge in [0.2, 0.25) is 5.95 Å². The van der Waals surface area contributed by atoms with Crippen molar-refractivity contribution < 1.29 is 14.3 Å². The Hall–Kier alpha value is -3.91. The predicted molar refractivity (Wildman–Crippen MR) is 140 cm³/mol. The van der Waals surface area contributed by atoms with Crippen LogP contribution in [0.1, 0.15) is 43.8 Å². The summed E-state index contributed by atoms with van der Waals surface area (Å²) < 4.78 is 11.1. The SMILES string of the molecule is COc1ccc([C@@H](Nc2nc(C)cc(C)n2)c2cc(C)sc2NC(=O)c2ccccc2)c(OC)c1. The normalized spacial score (nSPS) is 11.6. The van der Waals surface area contributed by atoms with E-state index in [0.717, 1.165) is 32.4 Å². The molecule has 2 heterocycles. The Kier molecular flexibility index (Phi) is 7.31. The van der Waals surface area contributed by atoms with Crippen LogP contribution in [0.25, 0.3) is 0 Å². The van der Waals surface area contributed by atoms with Crippen LogP contribution < -0.4 is 20.1 Å². The van der Waals surface area contributed by atoms with Gasteiger partial charge >= 0.3 is 0 Å². The molecule has 2 aromatic heterocycles. The molecule has 0 saturated heterocycles. The number of ether oxygens (including phenoxy) is 2. The van der Waals surface area contributed by atoms with Gasteiger partial charge in [-0.05, 0) is 57.2 Å². The zero-order valence-corrected chi connectivity index (χ0v) is 21.2. The highest BCUT2D eigenvalue weighted by atomic mass is 32.1. The molecule has 2 aromatic carbocycles. The van der Waals surface area contributed by atoms with Gasteiger partial charge in [-0.3, -0.25) is 4.79 Å². The molecule has 0 spiro atoms. The Morgan fingerprint density at radius 2 is 1.60 bits per heavy atom. The Labute approximate surface area is 209 Å². The predicted octanol–water partition coefficient (Wildman–Crippen LogP) is 5.93. The second-order valence-electron chi connectivity index (χ2n) is 8.12. The fourth-order valence-corrected chi connectivity index (χ4v) is 4.86. The first-order valence-corrected chi connectivity index (χ1v) is 12.0. The number of nitrogens with one attached hydrogen (secondary N) is 2. The van der Waals surface area contributed by atoms with Gasteiger partial charge in [-0.2, -0.15) is 0 Å². The molecule has 2 N–H and O–H groups in total. The summed E-state index contributed by atoms with van der Waals surface area (Å²) in [5, 5.41) is 7.33. The van der Waals surface area contributed by atoms with Crippen LogP contribution in [-0.4, -0.2) is 30.1 Å². The van der Waals surface area contributed by atoms with E-state index in [0.29, 0.717) is 23.0 Å². The second-order valence-corrected chi connectivity index (χ2v) is 9.38. The number of hydrogen-bond donors (Lipinski definition) is 2. The number of aromatic nitrogens is 2. The van der Waals surface area contributed by atoms with Crippen LogP contribution in [0.5, 0.6) is 11.5 Å². The van der Waals surface area contributed by atoms with Gasteiger partial charge in [0, 0.05) is 39.0 Å². The zero-order chi connectivity index (χ0) is 24.9. The third-order valence-electron chi connectivity index (χ3n) is 5.47. The number of aryl methyl sites for hydroxylation is 3. The highest BCUT2D eigenvalue weighted by Crippen LogP contribution is 2.41. The Morgan fingerprint density at radius 1 is 0.886 bits per heavy atom. The Bertz CT molecular complexity index is 1320. The van der Waals surface area contributed by atoms with Crippen LogP contribution in [0, 0.1) is 20.8 Å². The molecule has 7 nitrogen and oxygen atoms in total. The van der Waals surface area contributed by atoms with E-state index >= 15 is 0 Å². The van der Waals surface area contributed by atoms with E-state index in [2.05, 4.69) is 26.7 Å². The lowest BCUT2D eigenvalue weighted by Crippen LogP contribution is -2.18. The number of rotatable bonds is 8. The van der Waals surface area contributed by atoms with Gasteiger partial charge in [0.25, 0.3) is 5.91 Å². The maximum atomic E-state index is 13.0. The third kappa shape index (κ3) is 5.60. The van der Waals surface area contributed by atoms with Gasteiger partial charge in [0.05, 0.1) is 20.3 Å². The summed E-state index contributed by atoms with van der Waals surface area (Å²) in [5.74, 6) is 1.66. The molecule has 35 heavy (non-hydrogen) atoms. The molecule has 0 unspecified atom stereocenters. The van der Waals surface area contributed by atoms with Crippen molar-refractivity contribution in [2.45, 2.75) is 26.8 Å². The largest absolute Gasteiger partial charge is 0.497 e. The molecule has 0 bridgehead atoms. The van der Waals surface area contributed by atoms with E-state index in [-0.39, 0.29) is 5.91 Å². The molecule has 0 fully saturated rings. The van der Waals surface area contributed by atoms with Crippen LogP contribution in [0.2, 0.25) is 0 Å².